The lowest BCUT2D eigenvalue weighted by atomic mass is 9.49. The molecule has 61 heavy (non-hydrogen) atoms. The van der Waals surface area contributed by atoms with Gasteiger partial charge < -0.3 is 4.90 Å². The Balaban J connectivity index is 1.04. The smallest absolute Gasteiger partial charge is 0.0540 e. The molecule has 1 spiro atoms. The fraction of sp³-hybridized carbons (Fsp3) is 0.233. The Morgan fingerprint density at radius 3 is 1.87 bits per heavy atom. The summed E-state index contributed by atoms with van der Waals surface area (Å²) in [5, 5.41) is 2.52. The number of anilines is 3. The van der Waals surface area contributed by atoms with Crippen LogP contribution in [0.3, 0.4) is 0 Å². The van der Waals surface area contributed by atoms with Gasteiger partial charge in [0.25, 0.3) is 0 Å². The second-order valence-corrected chi connectivity index (χ2v) is 19.5. The van der Waals surface area contributed by atoms with Gasteiger partial charge in [-0.05, 0) is 152 Å². The molecule has 2 saturated carbocycles. The maximum atomic E-state index is 2.57. The van der Waals surface area contributed by atoms with Crippen molar-refractivity contribution >= 4 is 27.8 Å². The van der Waals surface area contributed by atoms with Gasteiger partial charge in [-0.2, -0.15) is 0 Å². The molecule has 0 saturated heterocycles. The fourth-order valence-electron chi connectivity index (χ4n) is 13.5. The van der Waals surface area contributed by atoms with Gasteiger partial charge in [-0.3, -0.25) is 0 Å². The summed E-state index contributed by atoms with van der Waals surface area (Å²) in [5.41, 5.74) is 20.0. The van der Waals surface area contributed by atoms with Crippen molar-refractivity contribution in [2.45, 2.75) is 64.2 Å². The van der Waals surface area contributed by atoms with Crippen LogP contribution in [0.2, 0.25) is 0 Å². The van der Waals surface area contributed by atoms with Gasteiger partial charge >= 0.3 is 0 Å². The normalized spacial score (nSPS) is 22.7. The summed E-state index contributed by atoms with van der Waals surface area (Å²) >= 11 is 0. The highest BCUT2D eigenvalue weighted by Crippen LogP contribution is 2.65. The van der Waals surface area contributed by atoms with Crippen molar-refractivity contribution in [1.29, 1.82) is 0 Å². The second kappa shape index (κ2) is 13.7. The van der Waals surface area contributed by atoms with Crippen LogP contribution in [0.1, 0.15) is 75.6 Å². The van der Waals surface area contributed by atoms with Crippen LogP contribution < -0.4 is 4.90 Å². The summed E-state index contributed by atoms with van der Waals surface area (Å²) in [6.07, 6.45) is 5.45. The molecule has 0 heterocycles. The van der Waals surface area contributed by atoms with E-state index in [1.165, 1.54) is 103 Å². The molecule has 4 aliphatic carbocycles. The van der Waals surface area contributed by atoms with E-state index in [4.69, 9.17) is 0 Å². The zero-order valence-corrected chi connectivity index (χ0v) is 35.8. The van der Waals surface area contributed by atoms with Crippen LogP contribution in [0.4, 0.5) is 17.1 Å². The predicted molar refractivity (Wildman–Crippen MR) is 257 cm³/mol. The van der Waals surface area contributed by atoms with Crippen LogP contribution >= 0.6 is 0 Å². The van der Waals surface area contributed by atoms with Gasteiger partial charge in [0.2, 0.25) is 0 Å². The Bertz CT molecular complexity index is 3000. The van der Waals surface area contributed by atoms with E-state index in [0.29, 0.717) is 11.8 Å². The first-order chi connectivity index (χ1) is 29.8. The Morgan fingerprint density at radius 2 is 1.05 bits per heavy atom. The standard InChI is InChI=1S/C60H53N/c1-38-33-40-35-39(2)60(44(34-38)36-40)54-24-11-9-18-49(54)52-37-43(29-32-55(52)60)46-19-12-21-50-47(46)20-13-25-56(50)61(45-30-27-42(28-31-45)41-15-6-5-7-16-41)57-26-14-22-51-48-17-8-10-23-53(48)59(3,4)58(51)57/h5-32,37-40,44H,33-36H2,1-4H3. The Labute approximate surface area is 361 Å². The van der Waals surface area contributed by atoms with Crippen LogP contribution in [0, 0.1) is 23.7 Å². The molecule has 0 aromatic heterocycles. The highest BCUT2D eigenvalue weighted by Gasteiger charge is 2.56. The van der Waals surface area contributed by atoms with Crippen molar-refractivity contribution < 1.29 is 0 Å². The molecule has 1 heteroatoms. The fourth-order valence-corrected chi connectivity index (χ4v) is 13.5. The zero-order chi connectivity index (χ0) is 41.0. The molecule has 2 fully saturated rings. The maximum Gasteiger partial charge on any atom is 0.0540 e. The average Bonchev–Trinajstić information content (AvgIpc) is 3.72. The lowest BCUT2D eigenvalue weighted by Gasteiger charge is -2.54. The van der Waals surface area contributed by atoms with E-state index in [2.05, 4.69) is 209 Å². The van der Waals surface area contributed by atoms with E-state index in [9.17, 15) is 0 Å². The first-order valence-electron chi connectivity index (χ1n) is 22.8. The van der Waals surface area contributed by atoms with Gasteiger partial charge in [-0.25, -0.2) is 0 Å². The van der Waals surface area contributed by atoms with Crippen LogP contribution in [0.5, 0.6) is 0 Å². The topological polar surface area (TPSA) is 3.24 Å². The van der Waals surface area contributed by atoms with E-state index in [1.54, 1.807) is 11.1 Å². The molecule has 5 atom stereocenters. The second-order valence-electron chi connectivity index (χ2n) is 19.5. The first kappa shape index (κ1) is 36.7. The molecule has 2 bridgehead atoms. The number of hydrogen-bond donors (Lipinski definition) is 0. The van der Waals surface area contributed by atoms with Crippen molar-refractivity contribution in [3.63, 3.8) is 0 Å². The van der Waals surface area contributed by atoms with E-state index in [1.807, 2.05) is 0 Å². The minimum absolute atomic E-state index is 0.0987. The highest BCUT2D eigenvalue weighted by atomic mass is 15.1. The number of benzene rings is 8. The monoisotopic (exact) mass is 787 g/mol. The number of nitrogens with zero attached hydrogens (tertiary/aromatic N) is 1. The van der Waals surface area contributed by atoms with E-state index < -0.39 is 0 Å². The molecule has 4 aliphatic rings. The molecule has 1 nitrogen and oxygen atoms in total. The van der Waals surface area contributed by atoms with Gasteiger partial charge in [0.15, 0.2) is 0 Å². The third-order valence-corrected chi connectivity index (χ3v) is 15.8. The van der Waals surface area contributed by atoms with E-state index in [0.717, 1.165) is 17.5 Å². The maximum absolute atomic E-state index is 2.57. The number of fused-ring (bicyclic) bond motifs is 12. The van der Waals surface area contributed by atoms with Crippen molar-refractivity contribution in [3.8, 4) is 44.5 Å². The Morgan fingerprint density at radius 1 is 0.443 bits per heavy atom. The minimum Gasteiger partial charge on any atom is -0.310 e. The molecular formula is C60H53N. The summed E-state index contributed by atoms with van der Waals surface area (Å²) in [6.45, 7) is 9.88. The molecule has 298 valence electrons. The molecule has 8 aromatic rings. The van der Waals surface area contributed by atoms with Crippen molar-refractivity contribution in [2.24, 2.45) is 23.7 Å². The van der Waals surface area contributed by atoms with Crippen LogP contribution in [0.25, 0.3) is 55.3 Å². The molecule has 0 radical (unpaired) electrons. The summed E-state index contributed by atoms with van der Waals surface area (Å²) in [6, 6.07) is 66.8. The highest BCUT2D eigenvalue weighted by molar-refractivity contribution is 6.07. The van der Waals surface area contributed by atoms with Gasteiger partial charge in [-0.15, -0.1) is 0 Å². The summed E-state index contributed by atoms with van der Waals surface area (Å²) in [4.78, 5) is 2.54. The molecule has 0 amide bonds. The van der Waals surface area contributed by atoms with Gasteiger partial charge in [0.1, 0.15) is 0 Å². The largest absolute Gasteiger partial charge is 0.310 e. The third kappa shape index (κ3) is 5.32. The number of rotatable bonds is 5. The van der Waals surface area contributed by atoms with Gasteiger partial charge in [0, 0.05) is 21.9 Å². The lowest BCUT2D eigenvalue weighted by Crippen LogP contribution is -2.49. The van der Waals surface area contributed by atoms with E-state index >= 15 is 0 Å². The Kier molecular flexibility index (Phi) is 8.21. The first-order valence-corrected chi connectivity index (χ1v) is 22.8. The molecule has 8 aromatic carbocycles. The summed E-state index contributed by atoms with van der Waals surface area (Å²) in [7, 11) is 0. The predicted octanol–water partition coefficient (Wildman–Crippen LogP) is 16.3. The quantitative estimate of drug-likeness (QED) is 0.168. The average molecular weight is 788 g/mol. The molecule has 12 rings (SSSR count). The van der Waals surface area contributed by atoms with Crippen molar-refractivity contribution in [1.82, 2.24) is 0 Å². The van der Waals surface area contributed by atoms with E-state index in [-0.39, 0.29) is 10.8 Å². The van der Waals surface area contributed by atoms with Crippen LogP contribution in [-0.4, -0.2) is 0 Å². The lowest BCUT2D eigenvalue weighted by molar-refractivity contribution is 0.0426. The Hall–Kier alpha value is -6.18. The minimum atomic E-state index is -0.176. The SMILES string of the molecule is CC1CC2CC(C)C3(c4ccccc4-c4cc(-c5cccc6c(N(c7ccc(-c8ccccc8)cc7)c7cccc8c7C(C)(C)c7ccccc7-8)cccc56)ccc43)C(C1)C2. The summed E-state index contributed by atoms with van der Waals surface area (Å²) < 4.78 is 0. The molecule has 0 N–H and O–H groups in total. The molecular weight excluding hydrogens is 735 g/mol. The van der Waals surface area contributed by atoms with Gasteiger partial charge in [-0.1, -0.05) is 173 Å². The van der Waals surface area contributed by atoms with Crippen molar-refractivity contribution in [3.05, 3.63) is 198 Å². The van der Waals surface area contributed by atoms with Crippen molar-refractivity contribution in [2.75, 3.05) is 4.90 Å². The summed E-state index contributed by atoms with van der Waals surface area (Å²) in [5.74, 6) is 2.99. The van der Waals surface area contributed by atoms with Crippen LogP contribution in [0.15, 0.2) is 176 Å². The molecule has 0 aliphatic heterocycles. The third-order valence-electron chi connectivity index (χ3n) is 15.8. The molecule has 5 unspecified atom stereocenters. The zero-order valence-electron chi connectivity index (χ0n) is 35.8. The number of hydrogen-bond acceptors (Lipinski definition) is 1. The van der Waals surface area contributed by atoms with Crippen LogP contribution in [-0.2, 0) is 10.8 Å². The van der Waals surface area contributed by atoms with Gasteiger partial charge in [0.05, 0.1) is 11.4 Å².